The van der Waals surface area contributed by atoms with Crippen molar-refractivity contribution in [1.82, 2.24) is 0 Å². The summed E-state index contributed by atoms with van der Waals surface area (Å²) in [6, 6.07) is 0. The van der Waals surface area contributed by atoms with Gasteiger partial charge in [-0.2, -0.15) is 0 Å². The molecule has 1 rings (SSSR count). The van der Waals surface area contributed by atoms with Crippen LogP contribution in [0.25, 0.3) is 0 Å². The highest BCUT2D eigenvalue weighted by molar-refractivity contribution is 8.06. The Kier molecular flexibility index (Phi) is 1.40. The molecule has 0 N–H and O–H groups in total. The fourth-order valence-corrected chi connectivity index (χ4v) is 1.08. The molecule has 0 spiro atoms. The first kappa shape index (κ1) is 4.76. The second-order valence-electron chi connectivity index (χ2n) is 1.29. The molecular weight excluding hydrogens is 104 g/mol. The Hall–Kier alpha value is -0.390. The molecule has 0 saturated heterocycles. The van der Waals surface area contributed by atoms with E-state index in [9.17, 15) is 0 Å². The van der Waals surface area contributed by atoms with Gasteiger partial charge in [0.1, 0.15) is 0 Å². The molecule has 1 aliphatic rings. The molecule has 0 bridgehead atoms. The van der Waals surface area contributed by atoms with E-state index >= 15 is 0 Å². The average Bonchev–Trinajstić information content (AvgIpc) is 2.14. The van der Waals surface area contributed by atoms with E-state index in [0.717, 1.165) is 6.42 Å². The van der Waals surface area contributed by atoms with E-state index in [0.29, 0.717) is 0 Å². The quantitative estimate of drug-likeness (QED) is 0.431. The average molecular weight is 110 g/mol. The fraction of sp³-hybridized carbons (Fsp3) is 0.167. The summed E-state index contributed by atoms with van der Waals surface area (Å²) in [5, 5.41) is 2.06. The van der Waals surface area contributed by atoms with Gasteiger partial charge in [-0.25, -0.2) is 0 Å². The summed E-state index contributed by atoms with van der Waals surface area (Å²) < 4.78 is 0. The van der Waals surface area contributed by atoms with Gasteiger partial charge in [-0.1, -0.05) is 24.4 Å². The predicted octanol–water partition coefficient (Wildman–Crippen LogP) is 2.31. The molecule has 7 heavy (non-hydrogen) atoms. The normalized spacial score (nSPS) is 17.4. The van der Waals surface area contributed by atoms with Crippen molar-refractivity contribution in [2.45, 2.75) is 6.42 Å². The summed E-state index contributed by atoms with van der Waals surface area (Å²) in [6.45, 7) is 3.52. The van der Waals surface area contributed by atoms with E-state index < -0.39 is 0 Å². The number of hydrogen-bond donors (Lipinski definition) is 0. The van der Waals surface area contributed by atoms with Gasteiger partial charge in [0.05, 0.1) is 0 Å². The predicted molar refractivity (Wildman–Crippen MR) is 34.0 cm³/mol. The van der Waals surface area contributed by atoms with Gasteiger partial charge in [0.2, 0.25) is 0 Å². The molecule has 36 valence electrons. The van der Waals surface area contributed by atoms with Crippen LogP contribution in [-0.2, 0) is 0 Å². The number of rotatable bonds is 0. The highest BCUT2D eigenvalue weighted by Gasteiger charge is 1.95. The van der Waals surface area contributed by atoms with Crippen molar-refractivity contribution in [3.63, 3.8) is 0 Å². The molecule has 0 radical (unpaired) electrons. The Morgan fingerprint density at radius 3 is 3.00 bits per heavy atom. The first-order valence-electron chi connectivity index (χ1n) is 2.14. The molecule has 0 atom stereocenters. The lowest BCUT2D eigenvalue weighted by Crippen LogP contribution is -1.56. The molecule has 0 aliphatic carbocycles. The first-order chi connectivity index (χ1) is 3.43. The van der Waals surface area contributed by atoms with Crippen LogP contribution < -0.4 is 0 Å². The van der Waals surface area contributed by atoms with Crippen LogP contribution in [0.15, 0.2) is 28.7 Å². The van der Waals surface area contributed by atoms with Crippen molar-refractivity contribution in [3.05, 3.63) is 28.7 Å². The van der Waals surface area contributed by atoms with Crippen LogP contribution in [0.5, 0.6) is 0 Å². The second-order valence-corrected chi connectivity index (χ2v) is 2.29. The molecule has 0 aromatic rings. The molecule has 0 amide bonds. The smallest absolute Gasteiger partial charge is 0.0341 e. The Labute approximate surface area is 47.6 Å². The summed E-state index contributed by atoms with van der Waals surface area (Å²) in [7, 11) is 0. The summed E-state index contributed by atoms with van der Waals surface area (Å²) in [6.07, 6.45) is 3.15. The van der Waals surface area contributed by atoms with E-state index in [-0.39, 0.29) is 0 Å². The zero-order valence-corrected chi connectivity index (χ0v) is 4.79. The van der Waals surface area contributed by atoms with Gasteiger partial charge in [0.25, 0.3) is 0 Å². The molecule has 0 fully saturated rings. The lowest BCUT2D eigenvalue weighted by atomic mass is 10.4. The van der Waals surface area contributed by atoms with E-state index in [1.165, 1.54) is 4.91 Å². The Morgan fingerprint density at radius 2 is 2.71 bits per heavy atom. The highest BCUT2D eigenvalue weighted by Crippen LogP contribution is 2.25. The molecule has 1 heteroatoms. The molecular formula is C6H6S. The van der Waals surface area contributed by atoms with Crippen LogP contribution >= 0.6 is 11.8 Å². The fourth-order valence-electron chi connectivity index (χ4n) is 0.447. The Morgan fingerprint density at radius 1 is 1.86 bits per heavy atom. The molecule has 0 saturated carbocycles. The highest BCUT2D eigenvalue weighted by atomic mass is 32.2. The summed E-state index contributed by atoms with van der Waals surface area (Å²) in [5.74, 6) is 0. The van der Waals surface area contributed by atoms with Gasteiger partial charge in [-0.3, -0.25) is 0 Å². The third-order valence-electron chi connectivity index (χ3n) is 0.807. The topological polar surface area (TPSA) is 0 Å². The van der Waals surface area contributed by atoms with Crippen molar-refractivity contribution in [3.8, 4) is 0 Å². The third-order valence-corrected chi connectivity index (χ3v) is 1.73. The van der Waals surface area contributed by atoms with Crippen LogP contribution in [0, 0.1) is 0 Å². The molecule has 0 aromatic carbocycles. The van der Waals surface area contributed by atoms with Crippen molar-refractivity contribution < 1.29 is 0 Å². The van der Waals surface area contributed by atoms with Gasteiger partial charge in [0.15, 0.2) is 0 Å². The SMILES string of the molecule is C=C=C1CC=CS1. The van der Waals surface area contributed by atoms with Crippen molar-refractivity contribution >= 4 is 11.8 Å². The largest absolute Gasteiger partial charge is 0.118 e. The molecule has 0 nitrogen and oxygen atoms in total. The standard InChI is InChI=1S/C6H6S/c1-2-6-4-3-5-7-6/h3,5H,1,4H2. The molecule has 1 heterocycles. The zero-order valence-electron chi connectivity index (χ0n) is 3.98. The summed E-state index contributed by atoms with van der Waals surface area (Å²) in [4.78, 5) is 1.24. The van der Waals surface area contributed by atoms with Gasteiger partial charge in [0, 0.05) is 11.3 Å². The van der Waals surface area contributed by atoms with E-state index in [4.69, 9.17) is 0 Å². The summed E-state index contributed by atoms with van der Waals surface area (Å²) >= 11 is 1.70. The van der Waals surface area contributed by atoms with E-state index in [2.05, 4.69) is 23.8 Å². The van der Waals surface area contributed by atoms with Crippen molar-refractivity contribution in [2.75, 3.05) is 0 Å². The minimum absolute atomic E-state index is 1.04. The summed E-state index contributed by atoms with van der Waals surface area (Å²) in [5.41, 5.74) is 2.83. The number of allylic oxidation sites excluding steroid dienone is 2. The Balaban J connectivity index is 2.68. The van der Waals surface area contributed by atoms with E-state index in [1.54, 1.807) is 11.8 Å². The minimum atomic E-state index is 1.04. The lowest BCUT2D eigenvalue weighted by molar-refractivity contribution is 1.40. The van der Waals surface area contributed by atoms with E-state index in [1.807, 2.05) is 0 Å². The number of thioether (sulfide) groups is 1. The monoisotopic (exact) mass is 110 g/mol. The molecule has 1 aliphatic heterocycles. The second kappa shape index (κ2) is 2.06. The van der Waals surface area contributed by atoms with Crippen LogP contribution in [0.1, 0.15) is 6.42 Å². The maximum atomic E-state index is 3.52. The van der Waals surface area contributed by atoms with Crippen molar-refractivity contribution in [2.24, 2.45) is 0 Å². The minimum Gasteiger partial charge on any atom is -0.118 e. The zero-order chi connectivity index (χ0) is 5.11. The van der Waals surface area contributed by atoms with Gasteiger partial charge >= 0.3 is 0 Å². The lowest BCUT2D eigenvalue weighted by Gasteiger charge is -1.80. The van der Waals surface area contributed by atoms with Crippen LogP contribution in [0.4, 0.5) is 0 Å². The first-order valence-corrected chi connectivity index (χ1v) is 3.02. The van der Waals surface area contributed by atoms with Gasteiger partial charge < -0.3 is 0 Å². The van der Waals surface area contributed by atoms with Gasteiger partial charge in [-0.05, 0) is 5.41 Å². The third kappa shape index (κ3) is 0.986. The van der Waals surface area contributed by atoms with Gasteiger partial charge in [-0.15, -0.1) is 5.73 Å². The van der Waals surface area contributed by atoms with Crippen molar-refractivity contribution in [1.29, 1.82) is 0 Å². The van der Waals surface area contributed by atoms with Crippen LogP contribution in [-0.4, -0.2) is 0 Å². The molecule has 0 aromatic heterocycles. The Bertz CT molecular complexity index is 128. The van der Waals surface area contributed by atoms with Crippen LogP contribution in [0.3, 0.4) is 0 Å². The maximum absolute atomic E-state index is 3.52. The maximum Gasteiger partial charge on any atom is 0.0341 e. The number of hydrogen-bond acceptors (Lipinski definition) is 1. The molecule has 0 unspecified atom stereocenters. The van der Waals surface area contributed by atoms with Crippen LogP contribution in [0.2, 0.25) is 0 Å².